The summed E-state index contributed by atoms with van der Waals surface area (Å²) in [6, 6.07) is 6.65. The van der Waals surface area contributed by atoms with Gasteiger partial charge in [0.05, 0.1) is 18.6 Å². The number of nitrogens with two attached hydrogens (primary N) is 1. The third kappa shape index (κ3) is 4.21. The van der Waals surface area contributed by atoms with Gasteiger partial charge < -0.3 is 15.8 Å². The molecule has 3 N–H and O–H groups in total. The zero-order valence-electron chi connectivity index (χ0n) is 12.9. The molecule has 1 fully saturated rings. The predicted octanol–water partition coefficient (Wildman–Crippen LogP) is 2.74. The molecule has 1 aromatic carbocycles. The number of carbonyl (C=O) groups excluding carboxylic acids is 2. The fraction of sp³-hybridized carbons (Fsp3) is 0.500. The van der Waals surface area contributed by atoms with Crippen LogP contribution in [0.1, 0.15) is 43.0 Å². The number of hydrogen-bond acceptors (Lipinski definition) is 4. The van der Waals surface area contributed by atoms with E-state index < -0.39 is 11.5 Å². The lowest BCUT2D eigenvalue weighted by atomic mass is 9.74. The summed E-state index contributed by atoms with van der Waals surface area (Å²) >= 11 is 0. The molecule has 0 saturated heterocycles. The van der Waals surface area contributed by atoms with E-state index >= 15 is 0 Å². The van der Waals surface area contributed by atoms with Crippen molar-refractivity contribution in [3.63, 3.8) is 0 Å². The third-order valence-corrected chi connectivity index (χ3v) is 4.14. The number of ether oxygens (including phenoxy) is 1. The van der Waals surface area contributed by atoms with Crippen LogP contribution in [0.15, 0.2) is 24.3 Å². The summed E-state index contributed by atoms with van der Waals surface area (Å²) in [5.74, 6) is -0.619. The van der Waals surface area contributed by atoms with Crippen LogP contribution in [0, 0.1) is 5.92 Å². The first-order chi connectivity index (χ1) is 9.94. The second-order valence-corrected chi connectivity index (χ2v) is 5.86. The Bertz CT molecular complexity index is 529. The van der Waals surface area contributed by atoms with Gasteiger partial charge in [-0.1, -0.05) is 12.8 Å². The highest BCUT2D eigenvalue weighted by molar-refractivity contribution is 5.94. The highest BCUT2D eigenvalue weighted by Gasteiger charge is 2.37. The average Bonchev–Trinajstić information content (AvgIpc) is 2.46. The second-order valence-electron chi connectivity index (χ2n) is 5.86. The summed E-state index contributed by atoms with van der Waals surface area (Å²) in [5.41, 5.74) is 6.90. The number of amides is 1. The van der Waals surface area contributed by atoms with Gasteiger partial charge in [-0.25, -0.2) is 4.79 Å². The van der Waals surface area contributed by atoms with E-state index in [0.29, 0.717) is 11.3 Å². The lowest BCUT2D eigenvalue weighted by molar-refractivity contribution is -0.122. The van der Waals surface area contributed by atoms with E-state index in [1.54, 1.807) is 24.3 Å². The minimum absolute atomic E-state index is 0. The van der Waals surface area contributed by atoms with E-state index in [-0.39, 0.29) is 24.2 Å². The van der Waals surface area contributed by atoms with E-state index in [0.717, 1.165) is 25.7 Å². The van der Waals surface area contributed by atoms with Crippen molar-refractivity contribution < 1.29 is 14.3 Å². The van der Waals surface area contributed by atoms with Crippen molar-refractivity contribution >= 4 is 30.0 Å². The zero-order chi connectivity index (χ0) is 15.5. The van der Waals surface area contributed by atoms with E-state index in [1.807, 2.05) is 6.92 Å². The Hall–Kier alpha value is -1.59. The molecular formula is C16H23ClN2O3. The van der Waals surface area contributed by atoms with Crippen LogP contribution in [0.2, 0.25) is 0 Å². The van der Waals surface area contributed by atoms with Gasteiger partial charge in [-0.05, 0) is 44.0 Å². The van der Waals surface area contributed by atoms with Crippen molar-refractivity contribution in [2.75, 3.05) is 12.4 Å². The molecule has 1 aliphatic carbocycles. The molecule has 1 aromatic rings. The van der Waals surface area contributed by atoms with Gasteiger partial charge in [-0.2, -0.15) is 0 Å². The maximum Gasteiger partial charge on any atom is 0.337 e. The molecule has 22 heavy (non-hydrogen) atoms. The topological polar surface area (TPSA) is 81.4 Å². The summed E-state index contributed by atoms with van der Waals surface area (Å²) < 4.78 is 4.64. The van der Waals surface area contributed by atoms with Crippen molar-refractivity contribution in [1.82, 2.24) is 0 Å². The third-order valence-electron chi connectivity index (χ3n) is 4.14. The second kappa shape index (κ2) is 7.61. The lowest BCUT2D eigenvalue weighted by Crippen LogP contribution is -2.51. The van der Waals surface area contributed by atoms with Crippen LogP contribution in [0.3, 0.4) is 0 Å². The highest BCUT2D eigenvalue weighted by Crippen LogP contribution is 2.32. The number of anilines is 1. The average molecular weight is 327 g/mol. The Labute approximate surface area is 137 Å². The number of halogens is 1. The van der Waals surface area contributed by atoms with Gasteiger partial charge in [0.1, 0.15) is 0 Å². The van der Waals surface area contributed by atoms with Crippen LogP contribution < -0.4 is 11.1 Å². The van der Waals surface area contributed by atoms with Crippen molar-refractivity contribution in [3.05, 3.63) is 29.8 Å². The Balaban J connectivity index is 0.00000242. The van der Waals surface area contributed by atoms with Gasteiger partial charge in [0.2, 0.25) is 5.91 Å². The van der Waals surface area contributed by atoms with Gasteiger partial charge in [0.25, 0.3) is 0 Å². The molecule has 2 atom stereocenters. The Kier molecular flexibility index (Phi) is 6.38. The highest BCUT2D eigenvalue weighted by atomic mass is 35.5. The van der Waals surface area contributed by atoms with Crippen LogP contribution >= 0.6 is 12.4 Å². The molecule has 2 unspecified atom stereocenters. The molecule has 0 heterocycles. The fourth-order valence-corrected chi connectivity index (χ4v) is 2.83. The SMILES string of the molecule is COC(=O)c1ccc(NC(=O)C2CCCCC2(C)N)cc1.Cl. The van der Waals surface area contributed by atoms with Crippen LogP contribution in [0.5, 0.6) is 0 Å². The van der Waals surface area contributed by atoms with E-state index in [1.165, 1.54) is 7.11 Å². The van der Waals surface area contributed by atoms with E-state index in [9.17, 15) is 9.59 Å². The molecule has 0 radical (unpaired) electrons. The van der Waals surface area contributed by atoms with Gasteiger partial charge in [0, 0.05) is 11.2 Å². The number of nitrogens with one attached hydrogen (secondary N) is 1. The first-order valence-corrected chi connectivity index (χ1v) is 7.22. The minimum Gasteiger partial charge on any atom is -0.465 e. The normalized spacial score (nSPS) is 24.0. The molecule has 5 nitrogen and oxygen atoms in total. The molecule has 122 valence electrons. The molecule has 0 aromatic heterocycles. The Morgan fingerprint density at radius 3 is 2.45 bits per heavy atom. The molecular weight excluding hydrogens is 304 g/mol. The van der Waals surface area contributed by atoms with Crippen LogP contribution in [-0.2, 0) is 9.53 Å². The molecule has 0 spiro atoms. The van der Waals surface area contributed by atoms with Gasteiger partial charge in [0.15, 0.2) is 0 Å². The van der Waals surface area contributed by atoms with Crippen LogP contribution in [0.25, 0.3) is 0 Å². The van der Waals surface area contributed by atoms with Crippen molar-refractivity contribution in [3.8, 4) is 0 Å². The first kappa shape index (κ1) is 18.5. The van der Waals surface area contributed by atoms with Crippen molar-refractivity contribution in [2.24, 2.45) is 11.7 Å². The number of esters is 1. The standard InChI is InChI=1S/C16H22N2O3.ClH/c1-16(17)10-4-3-5-13(16)14(19)18-12-8-6-11(7-9-12)15(20)21-2;/h6-9,13H,3-5,10,17H2,1-2H3,(H,18,19);1H. The molecule has 6 heteroatoms. The largest absolute Gasteiger partial charge is 0.465 e. The Morgan fingerprint density at radius 2 is 1.91 bits per heavy atom. The lowest BCUT2D eigenvalue weighted by Gasteiger charge is -2.37. The van der Waals surface area contributed by atoms with Crippen molar-refractivity contribution in [1.29, 1.82) is 0 Å². The number of rotatable bonds is 3. The number of methoxy groups -OCH3 is 1. The quantitative estimate of drug-likeness (QED) is 0.837. The smallest absolute Gasteiger partial charge is 0.337 e. The summed E-state index contributed by atoms with van der Waals surface area (Å²) in [7, 11) is 1.34. The van der Waals surface area contributed by atoms with Crippen molar-refractivity contribution in [2.45, 2.75) is 38.1 Å². The number of carbonyl (C=O) groups is 2. The Morgan fingerprint density at radius 1 is 1.27 bits per heavy atom. The molecule has 1 amide bonds. The fourth-order valence-electron chi connectivity index (χ4n) is 2.83. The molecule has 1 saturated carbocycles. The monoisotopic (exact) mass is 326 g/mol. The summed E-state index contributed by atoms with van der Waals surface area (Å²) in [4.78, 5) is 23.7. The molecule has 0 aliphatic heterocycles. The number of hydrogen-bond donors (Lipinski definition) is 2. The van der Waals surface area contributed by atoms with Gasteiger partial charge in [-0.15, -0.1) is 12.4 Å². The summed E-state index contributed by atoms with van der Waals surface area (Å²) in [6.07, 6.45) is 3.79. The van der Waals surface area contributed by atoms with Gasteiger partial charge >= 0.3 is 5.97 Å². The summed E-state index contributed by atoms with van der Waals surface area (Å²) in [5, 5.41) is 2.88. The zero-order valence-corrected chi connectivity index (χ0v) is 13.7. The maximum atomic E-state index is 12.4. The minimum atomic E-state index is -0.450. The molecule has 2 rings (SSSR count). The first-order valence-electron chi connectivity index (χ1n) is 7.22. The van der Waals surface area contributed by atoms with Gasteiger partial charge in [-0.3, -0.25) is 4.79 Å². The van der Waals surface area contributed by atoms with E-state index in [2.05, 4.69) is 10.1 Å². The summed E-state index contributed by atoms with van der Waals surface area (Å²) in [6.45, 7) is 1.94. The maximum absolute atomic E-state index is 12.4. The predicted molar refractivity (Wildman–Crippen MR) is 88.2 cm³/mol. The number of benzene rings is 1. The van der Waals surface area contributed by atoms with Crippen LogP contribution in [0.4, 0.5) is 5.69 Å². The molecule has 0 bridgehead atoms. The van der Waals surface area contributed by atoms with E-state index in [4.69, 9.17) is 5.73 Å². The van der Waals surface area contributed by atoms with Crippen LogP contribution in [-0.4, -0.2) is 24.5 Å². The molecule has 1 aliphatic rings.